The maximum atomic E-state index is 15.3. The number of nitrogens with one attached hydrogen (secondary N) is 1. The Morgan fingerprint density at radius 3 is 2.50 bits per heavy atom. The number of amides is 1. The molecule has 0 aromatic heterocycles. The van der Waals surface area contributed by atoms with Crippen LogP contribution in [0.4, 0.5) is 4.39 Å². The van der Waals surface area contributed by atoms with E-state index >= 15 is 4.39 Å². The van der Waals surface area contributed by atoms with Crippen molar-refractivity contribution in [2.45, 2.75) is 31.5 Å². The molecule has 136 valence electrons. The first-order chi connectivity index (χ1) is 12.4. The highest BCUT2D eigenvalue weighted by atomic mass is 19.2. The van der Waals surface area contributed by atoms with Crippen molar-refractivity contribution >= 4 is 17.4 Å². The quantitative estimate of drug-likeness (QED) is 0.847. The molecule has 1 atom stereocenters. The lowest BCUT2D eigenvalue weighted by molar-refractivity contribution is -0.133. The topological polar surface area (TPSA) is 75.6 Å². The third-order valence-electron chi connectivity index (χ3n) is 4.74. The highest BCUT2D eigenvalue weighted by Gasteiger charge is 2.39. The van der Waals surface area contributed by atoms with Gasteiger partial charge in [-0.15, -0.1) is 0 Å². The number of carboxylic acids is 1. The molecule has 1 aromatic carbocycles. The van der Waals surface area contributed by atoms with Crippen molar-refractivity contribution in [3.63, 3.8) is 0 Å². The number of allylic oxidation sites excluding steroid dienone is 2. The van der Waals surface area contributed by atoms with Crippen molar-refractivity contribution in [3.8, 4) is 0 Å². The Hall–Kier alpha value is -2.73. The zero-order valence-corrected chi connectivity index (χ0v) is 14.4. The van der Waals surface area contributed by atoms with E-state index in [1.807, 2.05) is 30.3 Å². The molecule has 0 saturated carbocycles. The molecule has 3 rings (SSSR count). The maximum Gasteiger partial charge on any atom is 0.332 e. The highest BCUT2D eigenvalue weighted by molar-refractivity contribution is 6.03. The Balaban J connectivity index is 1.87. The fraction of sp³-hybridized carbons (Fsp3) is 0.300. The van der Waals surface area contributed by atoms with E-state index in [9.17, 15) is 14.7 Å². The zero-order valence-electron chi connectivity index (χ0n) is 14.4. The van der Waals surface area contributed by atoms with Crippen molar-refractivity contribution in [2.75, 3.05) is 7.11 Å². The van der Waals surface area contributed by atoms with Crippen LogP contribution in [0.25, 0.3) is 5.57 Å². The molecule has 0 fully saturated rings. The van der Waals surface area contributed by atoms with Crippen LogP contribution in [0.3, 0.4) is 0 Å². The van der Waals surface area contributed by atoms with Gasteiger partial charge in [0.1, 0.15) is 0 Å². The SMILES string of the molecule is COC1(F)CC(c2ccccc2)=CC=C1NC(=O)C1=C(C(=O)O)CCC1. The van der Waals surface area contributed by atoms with Gasteiger partial charge in [0.2, 0.25) is 0 Å². The van der Waals surface area contributed by atoms with Crippen LogP contribution in [0.2, 0.25) is 0 Å². The largest absolute Gasteiger partial charge is 0.478 e. The van der Waals surface area contributed by atoms with E-state index in [0.717, 1.165) is 11.1 Å². The second kappa shape index (κ2) is 7.25. The fourth-order valence-corrected chi connectivity index (χ4v) is 3.30. The molecule has 0 heterocycles. The summed E-state index contributed by atoms with van der Waals surface area (Å²) in [5, 5.41) is 11.7. The minimum absolute atomic E-state index is 0.0196. The smallest absolute Gasteiger partial charge is 0.332 e. The second-order valence-corrected chi connectivity index (χ2v) is 6.32. The first-order valence-electron chi connectivity index (χ1n) is 8.42. The van der Waals surface area contributed by atoms with E-state index in [-0.39, 0.29) is 23.3 Å². The molecular weight excluding hydrogens is 337 g/mol. The van der Waals surface area contributed by atoms with Gasteiger partial charge in [0.15, 0.2) is 0 Å². The van der Waals surface area contributed by atoms with Gasteiger partial charge < -0.3 is 15.2 Å². The highest BCUT2D eigenvalue weighted by Crippen LogP contribution is 2.37. The number of methoxy groups -OCH3 is 1. The van der Waals surface area contributed by atoms with E-state index in [4.69, 9.17) is 4.74 Å². The van der Waals surface area contributed by atoms with Gasteiger partial charge in [-0.1, -0.05) is 36.4 Å². The summed E-state index contributed by atoms with van der Waals surface area (Å²) in [6.07, 6.45) is 4.49. The van der Waals surface area contributed by atoms with Gasteiger partial charge >= 0.3 is 5.97 Å². The molecule has 0 aliphatic heterocycles. The van der Waals surface area contributed by atoms with Gasteiger partial charge in [-0.2, -0.15) is 0 Å². The number of rotatable bonds is 5. The van der Waals surface area contributed by atoms with Crippen LogP contribution in [0, 0.1) is 0 Å². The molecule has 6 heteroatoms. The van der Waals surface area contributed by atoms with Crippen molar-refractivity contribution in [3.05, 3.63) is 64.9 Å². The number of ether oxygens (including phenoxy) is 1. The van der Waals surface area contributed by atoms with Gasteiger partial charge in [0.05, 0.1) is 5.70 Å². The van der Waals surface area contributed by atoms with E-state index in [1.54, 1.807) is 6.08 Å². The van der Waals surface area contributed by atoms with Crippen LogP contribution >= 0.6 is 0 Å². The van der Waals surface area contributed by atoms with Gasteiger partial charge in [-0.05, 0) is 36.5 Å². The second-order valence-electron chi connectivity index (χ2n) is 6.32. The number of carbonyl (C=O) groups excluding carboxylic acids is 1. The summed E-state index contributed by atoms with van der Waals surface area (Å²) in [6, 6.07) is 9.36. The molecule has 0 bridgehead atoms. The fourth-order valence-electron chi connectivity index (χ4n) is 3.30. The Morgan fingerprint density at radius 2 is 1.85 bits per heavy atom. The van der Waals surface area contributed by atoms with E-state index in [0.29, 0.717) is 19.3 Å². The van der Waals surface area contributed by atoms with Crippen LogP contribution in [-0.2, 0) is 14.3 Å². The lowest BCUT2D eigenvalue weighted by Crippen LogP contribution is -2.40. The number of halogens is 1. The average Bonchev–Trinajstić information content (AvgIpc) is 3.14. The Labute approximate surface area is 150 Å². The molecule has 0 spiro atoms. The number of hydrogen-bond donors (Lipinski definition) is 2. The Kier molecular flexibility index (Phi) is 5.04. The van der Waals surface area contributed by atoms with Crippen molar-refractivity contribution < 1.29 is 23.8 Å². The molecule has 1 amide bonds. The molecule has 2 aliphatic rings. The maximum absolute atomic E-state index is 15.3. The molecule has 0 saturated heterocycles. The van der Waals surface area contributed by atoms with Crippen molar-refractivity contribution in [1.82, 2.24) is 5.32 Å². The average molecular weight is 357 g/mol. The summed E-state index contributed by atoms with van der Waals surface area (Å²) in [7, 11) is 1.24. The van der Waals surface area contributed by atoms with Crippen LogP contribution in [0.15, 0.2) is 59.3 Å². The molecule has 1 unspecified atom stereocenters. The third-order valence-corrected chi connectivity index (χ3v) is 4.74. The normalized spacial score (nSPS) is 22.7. The number of alkyl halides is 1. The lowest BCUT2D eigenvalue weighted by Gasteiger charge is -2.31. The van der Waals surface area contributed by atoms with Crippen LogP contribution in [0.5, 0.6) is 0 Å². The first kappa shape index (κ1) is 18.1. The number of carboxylic acid groups (broad SMARTS) is 1. The van der Waals surface area contributed by atoms with E-state index < -0.39 is 17.7 Å². The summed E-state index contributed by atoms with van der Waals surface area (Å²) >= 11 is 0. The molecule has 2 aliphatic carbocycles. The summed E-state index contributed by atoms with van der Waals surface area (Å²) in [6.45, 7) is 0. The van der Waals surface area contributed by atoms with Gasteiger partial charge in [-0.3, -0.25) is 4.79 Å². The Bertz CT molecular complexity index is 825. The molecule has 5 nitrogen and oxygen atoms in total. The number of hydrogen-bond acceptors (Lipinski definition) is 3. The summed E-state index contributed by atoms with van der Waals surface area (Å²) in [5.74, 6) is -3.87. The van der Waals surface area contributed by atoms with Gasteiger partial charge in [-0.25, -0.2) is 9.18 Å². The molecule has 2 N–H and O–H groups in total. The van der Waals surface area contributed by atoms with Crippen LogP contribution in [0.1, 0.15) is 31.2 Å². The zero-order chi connectivity index (χ0) is 18.7. The number of aliphatic carboxylic acids is 1. The summed E-state index contributed by atoms with van der Waals surface area (Å²) in [5.41, 5.74) is 1.91. The molecule has 0 radical (unpaired) electrons. The van der Waals surface area contributed by atoms with E-state index in [1.165, 1.54) is 13.2 Å². The van der Waals surface area contributed by atoms with E-state index in [2.05, 4.69) is 5.32 Å². The molecule has 1 aromatic rings. The molecule has 26 heavy (non-hydrogen) atoms. The summed E-state index contributed by atoms with van der Waals surface area (Å²) < 4.78 is 20.4. The third kappa shape index (κ3) is 3.46. The first-order valence-corrected chi connectivity index (χ1v) is 8.42. The summed E-state index contributed by atoms with van der Waals surface area (Å²) in [4.78, 5) is 23.7. The number of carbonyl (C=O) groups is 2. The van der Waals surface area contributed by atoms with Crippen molar-refractivity contribution in [2.24, 2.45) is 0 Å². The van der Waals surface area contributed by atoms with Gasteiger partial charge in [0.25, 0.3) is 11.8 Å². The predicted molar refractivity (Wildman–Crippen MR) is 94.6 cm³/mol. The predicted octanol–water partition coefficient (Wildman–Crippen LogP) is 3.35. The minimum atomic E-state index is -2.18. The standard InChI is InChI=1S/C20H20FNO4/c1-26-20(21)12-14(13-6-3-2-4-7-13)10-11-17(20)22-18(23)15-8-5-9-16(15)19(24)25/h2-4,6-7,10-11H,5,8-9,12H2,1H3,(H,22,23)(H,24,25). The van der Waals surface area contributed by atoms with Crippen LogP contribution in [-0.4, -0.2) is 29.9 Å². The van der Waals surface area contributed by atoms with Crippen LogP contribution < -0.4 is 5.32 Å². The Morgan fingerprint density at radius 1 is 1.15 bits per heavy atom. The molecular formula is C20H20FNO4. The monoisotopic (exact) mass is 357 g/mol. The number of benzene rings is 1. The van der Waals surface area contributed by atoms with Crippen molar-refractivity contribution in [1.29, 1.82) is 0 Å². The lowest BCUT2D eigenvalue weighted by atomic mass is 9.92. The van der Waals surface area contributed by atoms with Gasteiger partial charge in [0, 0.05) is 24.7 Å². The minimum Gasteiger partial charge on any atom is -0.478 e.